The van der Waals surface area contributed by atoms with Gasteiger partial charge in [0.1, 0.15) is 0 Å². The average Bonchev–Trinajstić information content (AvgIpc) is 2.67. The molecule has 1 aliphatic heterocycles. The van der Waals surface area contributed by atoms with Crippen LogP contribution in [0.15, 0.2) is 0 Å². The third-order valence-electron chi connectivity index (χ3n) is 4.73. The molecule has 0 aromatic rings. The van der Waals surface area contributed by atoms with Crippen molar-refractivity contribution in [2.24, 2.45) is 5.41 Å². The van der Waals surface area contributed by atoms with E-state index in [1.807, 2.05) is 0 Å². The van der Waals surface area contributed by atoms with Crippen LogP contribution >= 0.6 is 0 Å². The monoisotopic (exact) mass is 288 g/mol. The summed E-state index contributed by atoms with van der Waals surface area (Å²) in [5, 5.41) is 3.41. The van der Waals surface area contributed by atoms with E-state index < -0.39 is 10.0 Å². The van der Waals surface area contributed by atoms with Crippen LogP contribution in [-0.2, 0) is 10.0 Å². The van der Waals surface area contributed by atoms with Gasteiger partial charge in [-0.3, -0.25) is 0 Å². The molecule has 2 rings (SSSR count). The minimum Gasteiger partial charge on any atom is -0.314 e. The Morgan fingerprint density at radius 3 is 2.58 bits per heavy atom. The summed E-state index contributed by atoms with van der Waals surface area (Å²) in [4.78, 5) is 0. The second-order valence-corrected chi connectivity index (χ2v) is 8.68. The smallest absolute Gasteiger partial charge is 0.211 e. The van der Waals surface area contributed by atoms with E-state index in [4.69, 9.17) is 0 Å². The number of rotatable bonds is 5. The van der Waals surface area contributed by atoms with Crippen molar-refractivity contribution >= 4 is 10.0 Å². The van der Waals surface area contributed by atoms with E-state index in [2.05, 4.69) is 23.9 Å². The molecule has 1 aliphatic carbocycles. The quantitative estimate of drug-likeness (QED) is 0.813. The maximum atomic E-state index is 12.2. The first-order chi connectivity index (χ1) is 8.89. The Hall–Kier alpha value is -0.130. The highest BCUT2D eigenvalue weighted by Gasteiger charge is 2.36. The van der Waals surface area contributed by atoms with Crippen LogP contribution in [0, 0.1) is 5.41 Å². The maximum Gasteiger partial charge on any atom is 0.211 e. The summed E-state index contributed by atoms with van der Waals surface area (Å²) in [5.74, 6) is 0.261. The molecule has 5 heteroatoms. The fourth-order valence-corrected chi connectivity index (χ4v) is 4.87. The van der Waals surface area contributed by atoms with Gasteiger partial charge in [-0.25, -0.2) is 13.1 Å². The minimum absolute atomic E-state index is 0.107. The average molecular weight is 288 g/mol. The number of piperidine rings is 1. The zero-order valence-electron chi connectivity index (χ0n) is 12.2. The molecular weight excluding hydrogens is 260 g/mol. The fraction of sp³-hybridized carbons (Fsp3) is 1.00. The van der Waals surface area contributed by atoms with Crippen LogP contribution in [0.3, 0.4) is 0 Å². The highest BCUT2D eigenvalue weighted by molar-refractivity contribution is 7.89. The van der Waals surface area contributed by atoms with Gasteiger partial charge in [0.25, 0.3) is 0 Å². The SMILES string of the molecule is CC1(C)CCCC1NS(=O)(=O)CCC1CCCCN1. The van der Waals surface area contributed by atoms with Gasteiger partial charge in [-0.05, 0) is 44.1 Å². The molecule has 0 amide bonds. The van der Waals surface area contributed by atoms with E-state index >= 15 is 0 Å². The van der Waals surface area contributed by atoms with Crippen molar-refractivity contribution in [1.82, 2.24) is 10.0 Å². The second-order valence-electron chi connectivity index (χ2n) is 6.81. The van der Waals surface area contributed by atoms with Crippen LogP contribution in [0.1, 0.15) is 58.8 Å². The van der Waals surface area contributed by atoms with Crippen molar-refractivity contribution in [2.45, 2.75) is 70.9 Å². The van der Waals surface area contributed by atoms with Crippen molar-refractivity contribution in [3.8, 4) is 0 Å². The maximum absolute atomic E-state index is 12.2. The van der Waals surface area contributed by atoms with Crippen molar-refractivity contribution < 1.29 is 8.42 Å². The van der Waals surface area contributed by atoms with Crippen LogP contribution in [0.25, 0.3) is 0 Å². The van der Waals surface area contributed by atoms with Gasteiger partial charge < -0.3 is 5.32 Å². The fourth-order valence-electron chi connectivity index (χ4n) is 3.29. The molecule has 4 nitrogen and oxygen atoms in total. The lowest BCUT2D eigenvalue weighted by Crippen LogP contribution is -2.43. The van der Waals surface area contributed by atoms with Gasteiger partial charge in [-0.1, -0.05) is 26.7 Å². The highest BCUT2D eigenvalue weighted by Crippen LogP contribution is 2.37. The molecule has 2 fully saturated rings. The molecular formula is C14H28N2O2S. The zero-order valence-corrected chi connectivity index (χ0v) is 13.1. The Bertz CT molecular complexity index is 386. The van der Waals surface area contributed by atoms with Crippen LogP contribution in [-0.4, -0.2) is 32.8 Å². The first-order valence-electron chi connectivity index (χ1n) is 7.62. The first kappa shape index (κ1) is 15.3. The summed E-state index contributed by atoms with van der Waals surface area (Å²) in [6.07, 6.45) is 7.52. The van der Waals surface area contributed by atoms with Crippen molar-refractivity contribution in [3.05, 3.63) is 0 Å². The number of hydrogen-bond donors (Lipinski definition) is 2. The summed E-state index contributed by atoms with van der Waals surface area (Å²) in [5.41, 5.74) is 0.107. The van der Waals surface area contributed by atoms with E-state index in [-0.39, 0.29) is 17.2 Å². The van der Waals surface area contributed by atoms with Gasteiger partial charge in [0.05, 0.1) is 5.75 Å². The van der Waals surface area contributed by atoms with E-state index in [1.165, 1.54) is 12.8 Å². The van der Waals surface area contributed by atoms with Crippen LogP contribution in [0.4, 0.5) is 0 Å². The highest BCUT2D eigenvalue weighted by atomic mass is 32.2. The van der Waals surface area contributed by atoms with Gasteiger partial charge in [-0.2, -0.15) is 0 Å². The number of nitrogens with one attached hydrogen (secondary N) is 2. The lowest BCUT2D eigenvalue weighted by atomic mass is 9.88. The van der Waals surface area contributed by atoms with Gasteiger partial charge in [0.2, 0.25) is 10.0 Å². The van der Waals surface area contributed by atoms with Gasteiger partial charge >= 0.3 is 0 Å². The molecule has 0 aromatic carbocycles. The molecule has 1 heterocycles. The molecule has 1 saturated heterocycles. The zero-order chi connectivity index (χ0) is 13.9. The van der Waals surface area contributed by atoms with Gasteiger partial charge in [0, 0.05) is 12.1 Å². The Labute approximate surface area is 117 Å². The van der Waals surface area contributed by atoms with Crippen molar-refractivity contribution in [1.29, 1.82) is 0 Å². The second kappa shape index (κ2) is 6.10. The standard InChI is InChI=1S/C14H28N2O2S/c1-14(2)9-5-7-13(14)16-19(17,18)11-8-12-6-3-4-10-15-12/h12-13,15-16H,3-11H2,1-2H3. The van der Waals surface area contributed by atoms with E-state index in [1.54, 1.807) is 0 Å². The Morgan fingerprint density at radius 2 is 2.00 bits per heavy atom. The molecule has 2 N–H and O–H groups in total. The molecule has 2 atom stereocenters. The lowest BCUT2D eigenvalue weighted by Gasteiger charge is -2.28. The summed E-state index contributed by atoms with van der Waals surface area (Å²) in [6.45, 7) is 5.36. The summed E-state index contributed by atoms with van der Waals surface area (Å²) in [6, 6.07) is 0.513. The third-order valence-corrected chi connectivity index (χ3v) is 6.14. The van der Waals surface area contributed by atoms with Crippen molar-refractivity contribution in [2.75, 3.05) is 12.3 Å². The molecule has 0 spiro atoms. The molecule has 19 heavy (non-hydrogen) atoms. The summed E-state index contributed by atoms with van der Waals surface area (Å²) >= 11 is 0. The molecule has 2 unspecified atom stereocenters. The predicted octanol–water partition coefficient (Wildman–Crippen LogP) is 2.02. The minimum atomic E-state index is -3.13. The molecule has 0 bridgehead atoms. The summed E-state index contributed by atoms with van der Waals surface area (Å²) in [7, 11) is -3.13. The first-order valence-corrected chi connectivity index (χ1v) is 9.28. The predicted molar refractivity (Wildman–Crippen MR) is 78.6 cm³/mol. The third kappa shape index (κ3) is 4.43. The molecule has 2 aliphatic rings. The normalized spacial score (nSPS) is 31.5. The molecule has 0 aromatic heterocycles. The largest absolute Gasteiger partial charge is 0.314 e. The van der Waals surface area contributed by atoms with Gasteiger partial charge in [0.15, 0.2) is 0 Å². The summed E-state index contributed by atoms with van der Waals surface area (Å²) < 4.78 is 27.3. The Morgan fingerprint density at radius 1 is 1.21 bits per heavy atom. The van der Waals surface area contributed by atoms with E-state index in [0.717, 1.165) is 38.6 Å². The van der Waals surface area contributed by atoms with Crippen LogP contribution in [0.2, 0.25) is 0 Å². The number of hydrogen-bond acceptors (Lipinski definition) is 3. The molecule has 112 valence electrons. The molecule has 1 saturated carbocycles. The molecule has 0 radical (unpaired) electrons. The van der Waals surface area contributed by atoms with Gasteiger partial charge in [-0.15, -0.1) is 0 Å². The lowest BCUT2D eigenvalue weighted by molar-refractivity contribution is 0.312. The van der Waals surface area contributed by atoms with E-state index in [0.29, 0.717) is 6.04 Å². The van der Waals surface area contributed by atoms with Crippen LogP contribution in [0.5, 0.6) is 0 Å². The van der Waals surface area contributed by atoms with E-state index in [9.17, 15) is 8.42 Å². The Balaban J connectivity index is 1.81. The van der Waals surface area contributed by atoms with Crippen LogP contribution < -0.4 is 10.0 Å². The van der Waals surface area contributed by atoms with Crippen molar-refractivity contribution in [3.63, 3.8) is 0 Å². The number of sulfonamides is 1. The topological polar surface area (TPSA) is 58.2 Å². The Kier molecular flexibility index (Phi) is 4.90.